The number of nitrogens with zero attached hydrogens (tertiary/aromatic N) is 2. The first-order valence-corrected chi connectivity index (χ1v) is 6.67. The zero-order valence-electron chi connectivity index (χ0n) is 11.5. The first-order valence-electron chi connectivity index (χ1n) is 6.67. The Morgan fingerprint density at radius 3 is 2.86 bits per heavy atom. The summed E-state index contributed by atoms with van der Waals surface area (Å²) in [6, 6.07) is 11.0. The molecule has 1 aromatic heterocycles. The van der Waals surface area contributed by atoms with Crippen molar-refractivity contribution in [3.05, 3.63) is 59.4 Å². The van der Waals surface area contributed by atoms with Gasteiger partial charge in [0.2, 0.25) is 5.91 Å². The van der Waals surface area contributed by atoms with Gasteiger partial charge in [0.05, 0.1) is 5.56 Å². The van der Waals surface area contributed by atoms with Gasteiger partial charge in [-0.25, -0.2) is 0 Å². The van der Waals surface area contributed by atoms with Crippen LogP contribution >= 0.6 is 0 Å². The number of aromatic nitrogens is 1. The number of aryl methyl sites for hydroxylation is 1. The largest absolute Gasteiger partial charge is 0.385 e. The summed E-state index contributed by atoms with van der Waals surface area (Å²) in [4.78, 5) is 14.6. The summed E-state index contributed by atoms with van der Waals surface area (Å²) in [5.74, 6) is -0.353. The third-order valence-electron chi connectivity index (χ3n) is 3.12. The van der Waals surface area contributed by atoms with Crippen molar-refractivity contribution in [1.82, 2.24) is 4.98 Å². The van der Waals surface area contributed by atoms with E-state index >= 15 is 0 Å². The van der Waals surface area contributed by atoms with Gasteiger partial charge in [0.1, 0.15) is 6.07 Å². The topological polar surface area (TPSA) is 91.8 Å². The van der Waals surface area contributed by atoms with E-state index in [0.29, 0.717) is 11.1 Å². The van der Waals surface area contributed by atoms with Gasteiger partial charge in [-0.15, -0.1) is 0 Å². The number of amides is 1. The highest BCUT2D eigenvalue weighted by atomic mass is 16.1. The molecule has 0 saturated heterocycles. The summed E-state index contributed by atoms with van der Waals surface area (Å²) in [7, 11) is 0. The molecule has 1 aliphatic rings. The monoisotopic (exact) mass is 280 g/mol. The lowest BCUT2D eigenvalue weighted by molar-refractivity contribution is 0.1000. The second-order valence-electron chi connectivity index (χ2n) is 4.62. The van der Waals surface area contributed by atoms with Crippen LogP contribution in [0.15, 0.2) is 42.7 Å². The van der Waals surface area contributed by atoms with E-state index in [4.69, 9.17) is 11.0 Å². The van der Waals surface area contributed by atoms with Crippen LogP contribution in [0.3, 0.4) is 0 Å². The third-order valence-corrected chi connectivity index (χ3v) is 3.12. The van der Waals surface area contributed by atoms with E-state index in [1.54, 1.807) is 24.4 Å². The Morgan fingerprint density at radius 2 is 2.24 bits per heavy atom. The number of rotatable bonds is 1. The lowest BCUT2D eigenvalue weighted by Crippen LogP contribution is -2.15. The molecule has 0 radical (unpaired) electrons. The Kier molecular flexibility index (Phi) is 4.89. The van der Waals surface area contributed by atoms with Crippen LogP contribution in [0, 0.1) is 11.3 Å². The Labute approximate surface area is 123 Å². The molecular weight excluding hydrogens is 264 g/mol. The zero-order valence-corrected chi connectivity index (χ0v) is 11.5. The summed E-state index contributed by atoms with van der Waals surface area (Å²) in [5.41, 5.74) is 8.72. The Hall–Kier alpha value is -2.87. The molecule has 1 aliphatic heterocycles. The molecule has 0 saturated carbocycles. The maximum atomic E-state index is 10.9. The minimum atomic E-state index is -0.353. The van der Waals surface area contributed by atoms with E-state index in [0.717, 1.165) is 25.1 Å². The Balaban J connectivity index is 0.000000173. The van der Waals surface area contributed by atoms with Crippen molar-refractivity contribution in [3.8, 4) is 6.07 Å². The molecule has 1 aromatic carbocycles. The molecule has 3 N–H and O–H groups in total. The lowest BCUT2D eigenvalue weighted by atomic mass is 10.0. The molecule has 2 aromatic rings. The highest BCUT2D eigenvalue weighted by Crippen LogP contribution is 2.22. The number of carbonyl (C=O) groups is 1. The fourth-order valence-corrected chi connectivity index (χ4v) is 2.06. The number of pyridine rings is 1. The summed E-state index contributed by atoms with van der Waals surface area (Å²) < 4.78 is 0. The maximum absolute atomic E-state index is 10.9. The predicted octanol–water partition coefficient (Wildman–Crippen LogP) is 2.10. The van der Waals surface area contributed by atoms with Crippen molar-refractivity contribution < 1.29 is 4.79 Å². The molecule has 0 fully saturated rings. The first-order chi connectivity index (χ1) is 10.2. The number of hydrogen-bond acceptors (Lipinski definition) is 4. The van der Waals surface area contributed by atoms with Crippen LogP contribution in [-0.4, -0.2) is 17.4 Å². The van der Waals surface area contributed by atoms with Crippen molar-refractivity contribution in [2.75, 3.05) is 11.9 Å². The Morgan fingerprint density at radius 1 is 1.38 bits per heavy atom. The average molecular weight is 280 g/mol. The first kappa shape index (κ1) is 14.5. The van der Waals surface area contributed by atoms with Crippen molar-refractivity contribution in [2.24, 2.45) is 5.73 Å². The highest BCUT2D eigenvalue weighted by molar-refractivity contribution is 5.93. The van der Waals surface area contributed by atoms with Crippen LogP contribution in [0.2, 0.25) is 0 Å². The average Bonchev–Trinajstić information content (AvgIpc) is 2.55. The molecule has 0 aliphatic carbocycles. The van der Waals surface area contributed by atoms with Crippen molar-refractivity contribution >= 4 is 11.6 Å². The summed E-state index contributed by atoms with van der Waals surface area (Å²) >= 11 is 0. The van der Waals surface area contributed by atoms with Crippen molar-refractivity contribution in [3.63, 3.8) is 0 Å². The van der Waals surface area contributed by atoms with Crippen LogP contribution in [0.5, 0.6) is 0 Å². The molecule has 5 nitrogen and oxygen atoms in total. The summed E-state index contributed by atoms with van der Waals surface area (Å²) in [6.45, 7) is 1.02. The van der Waals surface area contributed by atoms with Gasteiger partial charge < -0.3 is 11.1 Å². The Bertz CT molecular complexity index is 662. The quantitative estimate of drug-likeness (QED) is 0.836. The van der Waals surface area contributed by atoms with E-state index in [1.807, 2.05) is 18.2 Å². The van der Waals surface area contributed by atoms with Gasteiger partial charge in [-0.2, -0.15) is 5.26 Å². The van der Waals surface area contributed by atoms with Crippen LogP contribution in [0.4, 0.5) is 5.69 Å². The zero-order chi connectivity index (χ0) is 15.1. The van der Waals surface area contributed by atoms with E-state index in [9.17, 15) is 4.79 Å². The van der Waals surface area contributed by atoms with Crippen molar-refractivity contribution in [1.29, 1.82) is 5.26 Å². The van der Waals surface area contributed by atoms with E-state index in [-0.39, 0.29) is 5.91 Å². The van der Waals surface area contributed by atoms with Gasteiger partial charge >= 0.3 is 0 Å². The van der Waals surface area contributed by atoms with Gasteiger partial charge in [0.15, 0.2) is 0 Å². The maximum Gasteiger partial charge on any atom is 0.248 e. The van der Waals surface area contributed by atoms with E-state index in [1.165, 1.54) is 11.8 Å². The number of fused-ring (bicyclic) bond motifs is 1. The molecule has 0 spiro atoms. The minimum Gasteiger partial charge on any atom is -0.385 e. The molecule has 5 heteroatoms. The third kappa shape index (κ3) is 4.05. The second kappa shape index (κ2) is 7.06. The number of carbonyl (C=O) groups excluding carboxylic acids is 1. The highest BCUT2D eigenvalue weighted by Gasteiger charge is 2.10. The number of hydrogen-bond donors (Lipinski definition) is 2. The van der Waals surface area contributed by atoms with Gasteiger partial charge in [-0.05, 0) is 48.7 Å². The number of primary amides is 1. The molecule has 21 heavy (non-hydrogen) atoms. The number of nitriles is 1. The fourth-order valence-electron chi connectivity index (χ4n) is 2.06. The number of nitrogens with two attached hydrogens (primary N) is 1. The predicted molar refractivity (Wildman–Crippen MR) is 80.7 cm³/mol. The van der Waals surface area contributed by atoms with Crippen LogP contribution in [0.1, 0.15) is 27.9 Å². The fraction of sp³-hybridized carbons (Fsp3) is 0.188. The van der Waals surface area contributed by atoms with Gasteiger partial charge in [0, 0.05) is 30.2 Å². The van der Waals surface area contributed by atoms with Crippen molar-refractivity contribution in [2.45, 2.75) is 12.8 Å². The van der Waals surface area contributed by atoms with E-state index < -0.39 is 0 Å². The number of anilines is 1. The molecule has 3 rings (SSSR count). The van der Waals surface area contributed by atoms with E-state index in [2.05, 4.69) is 10.3 Å². The van der Waals surface area contributed by atoms with Crippen LogP contribution in [0.25, 0.3) is 0 Å². The molecule has 106 valence electrons. The van der Waals surface area contributed by atoms with Gasteiger partial charge in [-0.1, -0.05) is 0 Å². The van der Waals surface area contributed by atoms with Gasteiger partial charge in [-0.3, -0.25) is 9.78 Å². The minimum absolute atomic E-state index is 0.353. The molecule has 0 unspecified atom stereocenters. The van der Waals surface area contributed by atoms with Gasteiger partial charge in [0.25, 0.3) is 0 Å². The second-order valence-corrected chi connectivity index (χ2v) is 4.62. The molecular formula is C16H16N4O. The summed E-state index contributed by atoms with van der Waals surface area (Å²) in [5, 5.41) is 11.5. The molecule has 1 amide bonds. The normalized spacial score (nSPS) is 12.0. The van der Waals surface area contributed by atoms with Crippen LogP contribution in [-0.2, 0) is 6.42 Å². The lowest BCUT2D eigenvalue weighted by Gasteiger charge is -2.17. The summed E-state index contributed by atoms with van der Waals surface area (Å²) in [6.07, 6.45) is 5.32. The molecule has 2 heterocycles. The molecule has 0 bridgehead atoms. The standard InChI is InChI=1S/C10H12N2O.C6H4N2/c11-10(13)8-3-4-9-7(6-8)2-1-5-12-9;7-4-6-2-1-3-8-5-6/h3-4,6,12H,1-2,5H2,(H2,11,13);1-3,5H. The molecule has 0 atom stereocenters. The number of benzene rings is 1. The SMILES string of the molecule is N#Cc1cccnc1.NC(=O)c1ccc2c(c1)CCCN2. The number of nitrogens with one attached hydrogen (secondary N) is 1. The van der Waals surface area contributed by atoms with Crippen LogP contribution < -0.4 is 11.1 Å². The smallest absolute Gasteiger partial charge is 0.248 e.